The van der Waals surface area contributed by atoms with E-state index in [0.717, 1.165) is 0 Å². The molecule has 0 aliphatic heterocycles. The number of carbonyl (C=O) groups excluding carboxylic acids is 1. The van der Waals surface area contributed by atoms with Crippen molar-refractivity contribution in [2.45, 2.75) is 0 Å². The van der Waals surface area contributed by atoms with E-state index in [-0.39, 0.29) is 10.8 Å². The topological polar surface area (TPSA) is 93.8 Å². The number of nitrogens with one attached hydrogen (secondary N) is 1. The van der Waals surface area contributed by atoms with Crippen LogP contribution in [0.3, 0.4) is 0 Å². The van der Waals surface area contributed by atoms with Crippen LogP contribution in [0.2, 0.25) is 5.02 Å². The van der Waals surface area contributed by atoms with Crippen LogP contribution in [-0.2, 0) is 0 Å². The molecule has 0 bridgehead atoms. The molecule has 110 valence electrons. The Labute approximate surface area is 129 Å². The first-order valence-corrected chi connectivity index (χ1v) is 6.56. The summed E-state index contributed by atoms with van der Waals surface area (Å²) < 4.78 is 13.2. The number of carbonyl (C=O) groups is 1. The zero-order chi connectivity index (χ0) is 15.7. The van der Waals surface area contributed by atoms with E-state index in [0.29, 0.717) is 22.4 Å². The summed E-state index contributed by atoms with van der Waals surface area (Å²) in [6.07, 6.45) is 3.06. The Morgan fingerprint density at radius 1 is 1.27 bits per heavy atom. The lowest BCUT2D eigenvalue weighted by Gasteiger charge is -2.10. The van der Waals surface area contributed by atoms with Gasteiger partial charge in [0.05, 0.1) is 16.7 Å². The summed E-state index contributed by atoms with van der Waals surface area (Å²) in [4.78, 5) is 23.4. The number of anilines is 2. The molecule has 3 aromatic rings. The van der Waals surface area contributed by atoms with E-state index < -0.39 is 11.7 Å². The van der Waals surface area contributed by atoms with Crippen molar-refractivity contribution >= 4 is 39.9 Å². The highest BCUT2D eigenvalue weighted by atomic mass is 35.5. The van der Waals surface area contributed by atoms with Gasteiger partial charge in [-0.25, -0.2) is 14.4 Å². The van der Waals surface area contributed by atoms with E-state index in [1.165, 1.54) is 24.4 Å². The molecule has 3 N–H and O–H groups in total. The highest BCUT2D eigenvalue weighted by Gasteiger charge is 2.12. The fraction of sp³-hybridized carbons (Fsp3) is 0. The van der Waals surface area contributed by atoms with Crippen molar-refractivity contribution in [3.63, 3.8) is 0 Å². The molecular formula is C14H9ClFN5O. The minimum Gasteiger partial charge on any atom is -0.363 e. The van der Waals surface area contributed by atoms with Gasteiger partial charge >= 0.3 is 0 Å². The molecule has 1 amide bonds. The van der Waals surface area contributed by atoms with Crippen molar-refractivity contribution in [1.29, 1.82) is 0 Å². The molecule has 2 heterocycles. The minimum atomic E-state index is -0.758. The standard InChI is InChI=1S/C14H9ClFN5O/c15-9-5-7(1-2-10(9)16)19-13-8-3-4-18-6-11(8)20-14(21-13)12(17)22/h1-6H,(H2,17,22)(H,19,20,21). The minimum absolute atomic E-state index is 0.0276. The second kappa shape index (κ2) is 5.53. The molecule has 0 atom stereocenters. The Hall–Kier alpha value is -2.80. The molecule has 0 fully saturated rings. The number of rotatable bonds is 3. The number of nitrogens with two attached hydrogens (primary N) is 1. The lowest BCUT2D eigenvalue weighted by Crippen LogP contribution is -2.16. The molecule has 0 aliphatic carbocycles. The highest BCUT2D eigenvalue weighted by Crippen LogP contribution is 2.26. The van der Waals surface area contributed by atoms with Crippen molar-refractivity contribution in [3.05, 3.63) is 53.3 Å². The lowest BCUT2D eigenvalue weighted by atomic mass is 10.2. The summed E-state index contributed by atoms with van der Waals surface area (Å²) in [5, 5.41) is 3.58. The van der Waals surface area contributed by atoms with Gasteiger partial charge in [0, 0.05) is 17.3 Å². The molecular weight excluding hydrogens is 309 g/mol. The normalized spacial score (nSPS) is 10.6. The number of hydrogen-bond donors (Lipinski definition) is 2. The summed E-state index contributed by atoms with van der Waals surface area (Å²) in [6.45, 7) is 0. The summed E-state index contributed by atoms with van der Waals surface area (Å²) >= 11 is 5.75. The molecule has 2 aromatic heterocycles. The van der Waals surface area contributed by atoms with Crippen LogP contribution in [0.5, 0.6) is 0 Å². The number of hydrogen-bond acceptors (Lipinski definition) is 5. The third-order valence-electron chi connectivity index (χ3n) is 2.90. The summed E-state index contributed by atoms with van der Waals surface area (Å²) in [6, 6.07) is 5.83. The molecule has 8 heteroatoms. The predicted molar refractivity (Wildman–Crippen MR) is 80.5 cm³/mol. The maximum absolute atomic E-state index is 13.2. The zero-order valence-electron chi connectivity index (χ0n) is 11.0. The second-order valence-corrected chi connectivity index (χ2v) is 4.81. The van der Waals surface area contributed by atoms with Crippen molar-refractivity contribution in [2.24, 2.45) is 5.73 Å². The van der Waals surface area contributed by atoms with E-state index in [1.54, 1.807) is 12.3 Å². The van der Waals surface area contributed by atoms with Crippen LogP contribution in [-0.4, -0.2) is 20.9 Å². The Balaban J connectivity index is 2.12. The first kappa shape index (κ1) is 14.2. The number of pyridine rings is 1. The average molecular weight is 318 g/mol. The van der Waals surface area contributed by atoms with E-state index >= 15 is 0 Å². The van der Waals surface area contributed by atoms with Gasteiger partial charge in [-0.1, -0.05) is 11.6 Å². The molecule has 0 saturated carbocycles. The Morgan fingerprint density at radius 3 is 2.82 bits per heavy atom. The quantitative estimate of drug-likeness (QED) is 0.774. The number of primary amides is 1. The number of nitrogens with zero attached hydrogens (tertiary/aromatic N) is 3. The van der Waals surface area contributed by atoms with E-state index in [1.807, 2.05) is 0 Å². The molecule has 22 heavy (non-hydrogen) atoms. The molecule has 0 spiro atoms. The van der Waals surface area contributed by atoms with Crippen LogP contribution in [0.25, 0.3) is 10.9 Å². The monoisotopic (exact) mass is 317 g/mol. The first-order chi connectivity index (χ1) is 10.5. The van der Waals surface area contributed by atoms with Crippen LogP contribution in [0.1, 0.15) is 10.6 Å². The van der Waals surface area contributed by atoms with Crippen LogP contribution in [0, 0.1) is 5.82 Å². The summed E-state index contributed by atoms with van der Waals surface area (Å²) in [7, 11) is 0. The van der Waals surface area contributed by atoms with Gasteiger partial charge in [0.2, 0.25) is 5.82 Å². The van der Waals surface area contributed by atoms with Crippen molar-refractivity contribution in [1.82, 2.24) is 15.0 Å². The molecule has 6 nitrogen and oxygen atoms in total. The van der Waals surface area contributed by atoms with E-state index in [9.17, 15) is 9.18 Å². The first-order valence-electron chi connectivity index (χ1n) is 6.18. The van der Waals surface area contributed by atoms with Crippen LogP contribution >= 0.6 is 11.6 Å². The van der Waals surface area contributed by atoms with Gasteiger partial charge < -0.3 is 11.1 Å². The Morgan fingerprint density at radius 2 is 2.09 bits per heavy atom. The van der Waals surface area contributed by atoms with Gasteiger partial charge in [-0.3, -0.25) is 9.78 Å². The van der Waals surface area contributed by atoms with Crippen molar-refractivity contribution in [2.75, 3.05) is 5.32 Å². The van der Waals surface area contributed by atoms with Crippen molar-refractivity contribution < 1.29 is 9.18 Å². The zero-order valence-corrected chi connectivity index (χ0v) is 11.8. The van der Waals surface area contributed by atoms with Gasteiger partial charge in [0.1, 0.15) is 11.6 Å². The SMILES string of the molecule is NC(=O)c1nc(Nc2ccc(F)c(Cl)c2)c2ccncc2n1. The molecule has 0 saturated heterocycles. The van der Waals surface area contributed by atoms with E-state index in [2.05, 4.69) is 20.3 Å². The molecule has 1 aromatic carbocycles. The second-order valence-electron chi connectivity index (χ2n) is 4.41. The van der Waals surface area contributed by atoms with Crippen LogP contribution in [0.15, 0.2) is 36.7 Å². The molecule has 0 unspecified atom stereocenters. The van der Waals surface area contributed by atoms with Gasteiger partial charge in [-0.15, -0.1) is 0 Å². The largest absolute Gasteiger partial charge is 0.363 e. The smallest absolute Gasteiger partial charge is 0.286 e. The number of amides is 1. The maximum atomic E-state index is 13.2. The number of benzene rings is 1. The lowest BCUT2D eigenvalue weighted by molar-refractivity contribution is 0.0991. The highest BCUT2D eigenvalue weighted by molar-refractivity contribution is 6.31. The number of aromatic nitrogens is 3. The van der Waals surface area contributed by atoms with Gasteiger partial charge in [0.15, 0.2) is 0 Å². The average Bonchev–Trinajstić information content (AvgIpc) is 2.50. The summed E-state index contributed by atoms with van der Waals surface area (Å²) in [5.74, 6) is -1.08. The number of halogens is 2. The maximum Gasteiger partial charge on any atom is 0.286 e. The molecule has 3 rings (SSSR count). The van der Waals surface area contributed by atoms with Crippen LogP contribution < -0.4 is 11.1 Å². The molecule has 0 radical (unpaired) electrons. The van der Waals surface area contributed by atoms with Crippen molar-refractivity contribution in [3.8, 4) is 0 Å². The fourth-order valence-electron chi connectivity index (χ4n) is 1.90. The summed E-state index contributed by atoms with van der Waals surface area (Å²) in [5.41, 5.74) is 6.20. The van der Waals surface area contributed by atoms with Gasteiger partial charge in [0.25, 0.3) is 5.91 Å². The van der Waals surface area contributed by atoms with Gasteiger partial charge in [-0.05, 0) is 24.3 Å². The Bertz CT molecular complexity index is 886. The predicted octanol–water partition coefficient (Wildman–Crippen LogP) is 2.66. The van der Waals surface area contributed by atoms with E-state index in [4.69, 9.17) is 17.3 Å². The fourth-order valence-corrected chi connectivity index (χ4v) is 2.08. The third-order valence-corrected chi connectivity index (χ3v) is 3.19. The molecule has 0 aliphatic rings. The third kappa shape index (κ3) is 2.66. The Kier molecular flexibility index (Phi) is 3.56. The van der Waals surface area contributed by atoms with Crippen LogP contribution in [0.4, 0.5) is 15.9 Å². The van der Waals surface area contributed by atoms with Gasteiger partial charge in [-0.2, -0.15) is 0 Å². The number of fused-ring (bicyclic) bond motifs is 1.